The van der Waals surface area contributed by atoms with Crippen LogP contribution in [0.4, 0.5) is 0 Å². The minimum atomic E-state index is -0.834. The first-order valence-electron chi connectivity index (χ1n) is 17.5. The lowest BCUT2D eigenvalue weighted by atomic mass is 9.75. The maximum Gasteiger partial charge on any atom is 0.0843 e. The van der Waals surface area contributed by atoms with Gasteiger partial charge in [0.2, 0.25) is 0 Å². The zero-order chi connectivity index (χ0) is 35.2. The number of benzene rings is 3. The van der Waals surface area contributed by atoms with E-state index in [0.29, 0.717) is 11.3 Å². The average molecular weight is 615 g/mol. The molecule has 0 saturated carbocycles. The van der Waals surface area contributed by atoms with Crippen LogP contribution in [0.2, 0.25) is 0 Å². The van der Waals surface area contributed by atoms with Crippen LogP contribution in [0.1, 0.15) is 147 Å². The largest absolute Gasteiger partial charge is 0.386 e. The van der Waals surface area contributed by atoms with Gasteiger partial charge in [-0.15, -0.1) is 0 Å². The Balaban J connectivity index is 0.000000605. The first-order chi connectivity index (χ1) is 20.4. The van der Waals surface area contributed by atoms with Gasteiger partial charge in [0, 0.05) is 0 Å². The molecule has 252 valence electrons. The van der Waals surface area contributed by atoms with Crippen LogP contribution in [0.3, 0.4) is 0 Å². The second-order valence-electron chi connectivity index (χ2n) is 16.5. The maximum absolute atomic E-state index is 10.5. The Kier molecular flexibility index (Phi) is 14.9. The summed E-state index contributed by atoms with van der Waals surface area (Å²) >= 11 is 0. The SMILES string of the molecule is CC(C)C.CC(C)CC(C)(C)C(C)C.Cc1c(-c2ccc(C(C)C)c(C)c2C)ccc(-c2ccc(C(C)(C)O)c(C)c2C)c1C. The Labute approximate surface area is 280 Å². The highest BCUT2D eigenvalue weighted by atomic mass is 16.3. The molecule has 0 bridgehead atoms. The van der Waals surface area contributed by atoms with Crippen LogP contribution in [0, 0.1) is 64.7 Å². The quantitative estimate of drug-likeness (QED) is 0.281. The molecular weight excluding hydrogens is 544 g/mol. The lowest BCUT2D eigenvalue weighted by Crippen LogP contribution is -2.21. The second kappa shape index (κ2) is 16.4. The molecule has 1 heteroatoms. The summed E-state index contributed by atoms with van der Waals surface area (Å²) in [5, 5.41) is 10.5. The predicted octanol–water partition coefficient (Wildman–Crippen LogP) is 13.6. The number of hydrogen-bond acceptors (Lipinski definition) is 1. The molecule has 1 nitrogen and oxygen atoms in total. The third kappa shape index (κ3) is 10.8. The molecule has 0 spiro atoms. The van der Waals surface area contributed by atoms with Crippen molar-refractivity contribution in [2.45, 2.75) is 149 Å². The molecule has 0 heterocycles. The third-order valence-corrected chi connectivity index (χ3v) is 9.76. The van der Waals surface area contributed by atoms with E-state index in [2.05, 4.69) is 154 Å². The molecule has 0 atom stereocenters. The van der Waals surface area contributed by atoms with E-state index >= 15 is 0 Å². The fraction of sp³-hybridized carbons (Fsp3) is 0.591. The van der Waals surface area contributed by atoms with E-state index in [0.717, 1.165) is 23.3 Å². The normalized spacial score (nSPS) is 12.0. The van der Waals surface area contributed by atoms with Crippen LogP contribution in [0.5, 0.6) is 0 Å². The van der Waals surface area contributed by atoms with Crippen LogP contribution < -0.4 is 0 Å². The first kappa shape index (κ1) is 40.6. The van der Waals surface area contributed by atoms with Gasteiger partial charge in [-0.05, 0) is 158 Å². The monoisotopic (exact) mass is 615 g/mol. The van der Waals surface area contributed by atoms with Crippen molar-refractivity contribution in [3.8, 4) is 22.3 Å². The van der Waals surface area contributed by atoms with Crippen LogP contribution in [0.15, 0.2) is 36.4 Å². The van der Waals surface area contributed by atoms with Crippen molar-refractivity contribution in [1.82, 2.24) is 0 Å². The molecule has 0 fully saturated rings. The highest BCUT2D eigenvalue weighted by molar-refractivity contribution is 5.80. The number of rotatable bonds is 7. The maximum atomic E-state index is 10.5. The van der Waals surface area contributed by atoms with Crippen molar-refractivity contribution in [2.75, 3.05) is 0 Å². The molecule has 3 aromatic rings. The minimum Gasteiger partial charge on any atom is -0.386 e. The van der Waals surface area contributed by atoms with Crippen LogP contribution in [-0.2, 0) is 5.60 Å². The van der Waals surface area contributed by atoms with Gasteiger partial charge in [-0.2, -0.15) is 0 Å². The molecule has 3 rings (SSSR count). The highest BCUT2D eigenvalue weighted by Gasteiger charge is 2.23. The summed E-state index contributed by atoms with van der Waals surface area (Å²) < 4.78 is 0. The molecular formula is C44H70O. The summed E-state index contributed by atoms with van der Waals surface area (Å²) in [5.74, 6) is 3.00. The molecule has 45 heavy (non-hydrogen) atoms. The topological polar surface area (TPSA) is 20.2 Å². The van der Waals surface area contributed by atoms with Gasteiger partial charge in [-0.1, -0.05) is 113 Å². The van der Waals surface area contributed by atoms with Crippen LogP contribution in [0.25, 0.3) is 22.3 Å². The summed E-state index contributed by atoms with van der Waals surface area (Å²) in [4.78, 5) is 0. The molecule has 0 aliphatic heterocycles. The Morgan fingerprint density at radius 3 is 1.16 bits per heavy atom. The third-order valence-electron chi connectivity index (χ3n) is 9.76. The van der Waals surface area contributed by atoms with E-state index in [1.807, 2.05) is 13.8 Å². The molecule has 0 aromatic heterocycles. The lowest BCUT2D eigenvalue weighted by Gasteiger charge is -2.30. The van der Waals surface area contributed by atoms with Gasteiger partial charge in [0.15, 0.2) is 0 Å². The zero-order valence-electron chi connectivity index (χ0n) is 32.9. The van der Waals surface area contributed by atoms with Gasteiger partial charge in [-0.3, -0.25) is 0 Å². The Morgan fingerprint density at radius 2 is 0.844 bits per heavy atom. The van der Waals surface area contributed by atoms with E-state index in [1.165, 1.54) is 67.6 Å². The van der Waals surface area contributed by atoms with Gasteiger partial charge in [0.05, 0.1) is 5.60 Å². The van der Waals surface area contributed by atoms with Crippen molar-refractivity contribution in [3.63, 3.8) is 0 Å². The van der Waals surface area contributed by atoms with Crippen molar-refractivity contribution in [1.29, 1.82) is 0 Å². The number of hydrogen-bond donors (Lipinski definition) is 1. The van der Waals surface area contributed by atoms with Gasteiger partial charge < -0.3 is 5.11 Å². The van der Waals surface area contributed by atoms with Crippen molar-refractivity contribution >= 4 is 0 Å². The smallest absolute Gasteiger partial charge is 0.0843 e. The van der Waals surface area contributed by atoms with E-state index < -0.39 is 5.60 Å². The molecule has 0 unspecified atom stereocenters. The predicted molar refractivity (Wildman–Crippen MR) is 204 cm³/mol. The van der Waals surface area contributed by atoms with Crippen molar-refractivity contribution < 1.29 is 5.11 Å². The summed E-state index contributed by atoms with van der Waals surface area (Å²) in [7, 11) is 0. The lowest BCUT2D eigenvalue weighted by molar-refractivity contribution is 0.0779. The zero-order valence-corrected chi connectivity index (χ0v) is 32.9. The van der Waals surface area contributed by atoms with Crippen molar-refractivity contribution in [3.05, 3.63) is 80.9 Å². The number of aliphatic hydroxyl groups is 1. The van der Waals surface area contributed by atoms with E-state index in [1.54, 1.807) is 0 Å². The average Bonchev–Trinajstić information content (AvgIpc) is 2.88. The molecule has 1 N–H and O–H groups in total. The molecule has 0 amide bonds. The van der Waals surface area contributed by atoms with Crippen LogP contribution in [-0.4, -0.2) is 5.11 Å². The van der Waals surface area contributed by atoms with Gasteiger partial charge in [-0.25, -0.2) is 0 Å². The van der Waals surface area contributed by atoms with Gasteiger partial charge in [0.25, 0.3) is 0 Å². The highest BCUT2D eigenvalue weighted by Crippen LogP contribution is 2.39. The molecule has 0 aliphatic rings. The molecule has 0 saturated heterocycles. The molecule has 0 aliphatic carbocycles. The van der Waals surface area contributed by atoms with Crippen molar-refractivity contribution in [2.24, 2.45) is 23.2 Å². The van der Waals surface area contributed by atoms with E-state index in [9.17, 15) is 5.11 Å². The summed E-state index contributed by atoms with van der Waals surface area (Å²) in [6, 6.07) is 13.4. The molecule has 0 radical (unpaired) electrons. The van der Waals surface area contributed by atoms with Crippen LogP contribution >= 0.6 is 0 Å². The summed E-state index contributed by atoms with van der Waals surface area (Å²) in [5.41, 5.74) is 15.1. The van der Waals surface area contributed by atoms with Gasteiger partial charge in [0.1, 0.15) is 0 Å². The fourth-order valence-corrected chi connectivity index (χ4v) is 6.23. The first-order valence-corrected chi connectivity index (χ1v) is 17.5. The Morgan fingerprint density at radius 1 is 0.511 bits per heavy atom. The Bertz CT molecular complexity index is 1390. The van der Waals surface area contributed by atoms with E-state index in [4.69, 9.17) is 0 Å². The standard InChI is InChI=1S/C30H38O.C10H22.C4H10/c1-17(2)24-11-12-25(19(4)18(24)3)26-13-14-27(21(6)20(26)5)28-15-16-29(30(9,10)31)23(8)22(28)7;1-8(2)7-10(5,6)9(3)4;1-4(2)3/h11-17,31H,1-10H3;8-9H,7H2,1-6H3;4H,1-3H3. The van der Waals surface area contributed by atoms with E-state index in [-0.39, 0.29) is 0 Å². The summed E-state index contributed by atoms with van der Waals surface area (Å²) in [6.07, 6.45) is 1.34. The molecule has 3 aromatic carbocycles. The fourth-order valence-electron chi connectivity index (χ4n) is 6.23. The minimum absolute atomic E-state index is 0.522. The van der Waals surface area contributed by atoms with Gasteiger partial charge >= 0.3 is 0 Å². The summed E-state index contributed by atoms with van der Waals surface area (Å²) in [6.45, 7) is 41.9. The Hall–Kier alpha value is -2.38. The second-order valence-corrected chi connectivity index (χ2v) is 16.5.